The molecule has 0 radical (unpaired) electrons. The number of hydrogen-bond donors (Lipinski definition) is 0. The van der Waals surface area contributed by atoms with Gasteiger partial charge >= 0.3 is 0 Å². The van der Waals surface area contributed by atoms with Crippen LogP contribution in [0, 0.1) is 0 Å². The maximum atomic E-state index is 12.6. The van der Waals surface area contributed by atoms with Crippen LogP contribution in [0.4, 0.5) is 0 Å². The van der Waals surface area contributed by atoms with Crippen molar-refractivity contribution in [2.45, 2.75) is 26.5 Å². The molecule has 2 heterocycles. The van der Waals surface area contributed by atoms with Gasteiger partial charge in [-0.1, -0.05) is 23.7 Å². The first-order chi connectivity index (χ1) is 11.0. The molecule has 0 aliphatic carbocycles. The monoisotopic (exact) mass is 348 g/mol. The third kappa shape index (κ3) is 3.63. The molecule has 0 amide bonds. The Kier molecular flexibility index (Phi) is 4.80. The molecule has 0 fully saturated rings. The number of hydrogen-bond acceptors (Lipinski definition) is 4. The zero-order valence-corrected chi connectivity index (χ0v) is 14.5. The summed E-state index contributed by atoms with van der Waals surface area (Å²) in [6.07, 6.45) is 1.74. The van der Waals surface area contributed by atoms with Crippen LogP contribution in [-0.2, 0) is 11.3 Å². The van der Waals surface area contributed by atoms with Crippen molar-refractivity contribution in [1.82, 2.24) is 9.55 Å². The van der Waals surface area contributed by atoms with E-state index >= 15 is 0 Å². The largest absolute Gasteiger partial charge is 0.377 e. The van der Waals surface area contributed by atoms with Crippen molar-refractivity contribution in [3.63, 3.8) is 0 Å². The first-order valence-electron chi connectivity index (χ1n) is 7.41. The molecule has 0 unspecified atom stereocenters. The van der Waals surface area contributed by atoms with Gasteiger partial charge in [-0.05, 0) is 37.6 Å². The number of aromatic nitrogens is 2. The lowest BCUT2D eigenvalue weighted by atomic mass is 10.2. The minimum Gasteiger partial charge on any atom is -0.377 e. The van der Waals surface area contributed by atoms with Crippen LogP contribution in [0.15, 0.2) is 41.5 Å². The van der Waals surface area contributed by atoms with E-state index in [1.54, 1.807) is 10.9 Å². The Hall–Kier alpha value is -1.69. The van der Waals surface area contributed by atoms with Gasteiger partial charge in [0.05, 0.1) is 31.1 Å². The highest BCUT2D eigenvalue weighted by Crippen LogP contribution is 2.31. The zero-order valence-electron chi connectivity index (χ0n) is 13.0. The number of fused-ring (bicyclic) bond motifs is 1. The van der Waals surface area contributed by atoms with E-state index in [-0.39, 0.29) is 11.7 Å². The standard InChI is InChI=1S/C17H17ClN2O2S/c1-11(2)22-8-7-20-10-19-14-9-15(23-16(14)17(20)21)12-3-5-13(18)6-4-12/h3-6,9-11H,7-8H2,1-2H3. The molecular formula is C17H17ClN2O2S. The Morgan fingerprint density at radius 2 is 2.04 bits per heavy atom. The van der Waals surface area contributed by atoms with E-state index in [0.717, 1.165) is 16.0 Å². The molecule has 0 spiro atoms. The zero-order chi connectivity index (χ0) is 16.4. The summed E-state index contributed by atoms with van der Waals surface area (Å²) in [4.78, 5) is 18.0. The van der Waals surface area contributed by atoms with Gasteiger partial charge in [0.25, 0.3) is 5.56 Å². The quantitative estimate of drug-likeness (QED) is 0.694. The van der Waals surface area contributed by atoms with Crippen LogP contribution < -0.4 is 5.56 Å². The van der Waals surface area contributed by atoms with Crippen molar-refractivity contribution in [3.05, 3.63) is 52.0 Å². The van der Waals surface area contributed by atoms with Crippen molar-refractivity contribution in [1.29, 1.82) is 0 Å². The fourth-order valence-electron chi connectivity index (χ4n) is 2.25. The van der Waals surface area contributed by atoms with Gasteiger partial charge in [-0.15, -0.1) is 11.3 Å². The highest BCUT2D eigenvalue weighted by atomic mass is 35.5. The second-order valence-electron chi connectivity index (χ2n) is 5.49. The Balaban J connectivity index is 1.92. The number of ether oxygens (including phenoxy) is 1. The normalized spacial score (nSPS) is 11.5. The van der Waals surface area contributed by atoms with Crippen LogP contribution in [0.25, 0.3) is 20.7 Å². The second-order valence-corrected chi connectivity index (χ2v) is 6.98. The van der Waals surface area contributed by atoms with Crippen molar-refractivity contribution in [2.24, 2.45) is 0 Å². The van der Waals surface area contributed by atoms with Gasteiger partial charge in [0.2, 0.25) is 0 Å². The lowest BCUT2D eigenvalue weighted by Crippen LogP contribution is -2.22. The number of rotatable bonds is 5. The van der Waals surface area contributed by atoms with E-state index in [1.165, 1.54) is 11.3 Å². The SMILES string of the molecule is CC(C)OCCn1cnc2cc(-c3ccc(Cl)cc3)sc2c1=O. The summed E-state index contributed by atoms with van der Waals surface area (Å²) in [6.45, 7) is 4.96. The molecule has 0 saturated heterocycles. The Labute approximate surface area is 143 Å². The van der Waals surface area contributed by atoms with Gasteiger partial charge < -0.3 is 4.74 Å². The molecule has 0 aliphatic heterocycles. The summed E-state index contributed by atoms with van der Waals surface area (Å²) < 4.78 is 7.77. The molecule has 3 aromatic rings. The van der Waals surface area contributed by atoms with E-state index < -0.39 is 0 Å². The summed E-state index contributed by atoms with van der Waals surface area (Å²) >= 11 is 7.38. The summed E-state index contributed by atoms with van der Waals surface area (Å²) in [7, 11) is 0. The number of thiophene rings is 1. The summed E-state index contributed by atoms with van der Waals surface area (Å²) in [5, 5.41) is 0.695. The molecule has 4 nitrogen and oxygen atoms in total. The topological polar surface area (TPSA) is 44.1 Å². The van der Waals surface area contributed by atoms with Crippen molar-refractivity contribution >= 4 is 33.2 Å². The number of halogens is 1. The Bertz CT molecular complexity index is 868. The maximum Gasteiger partial charge on any atom is 0.271 e. The molecule has 2 aromatic heterocycles. The van der Waals surface area contributed by atoms with E-state index in [4.69, 9.17) is 16.3 Å². The fourth-order valence-corrected chi connectivity index (χ4v) is 3.44. The highest BCUT2D eigenvalue weighted by molar-refractivity contribution is 7.22. The first kappa shape index (κ1) is 16.2. The lowest BCUT2D eigenvalue weighted by molar-refractivity contribution is 0.0722. The Morgan fingerprint density at radius 1 is 1.30 bits per heavy atom. The average molecular weight is 349 g/mol. The van der Waals surface area contributed by atoms with E-state index in [1.807, 2.05) is 44.2 Å². The van der Waals surface area contributed by atoms with E-state index in [2.05, 4.69) is 4.98 Å². The molecule has 0 aliphatic rings. The maximum absolute atomic E-state index is 12.6. The van der Waals surface area contributed by atoms with Gasteiger partial charge in [-0.3, -0.25) is 9.36 Å². The van der Waals surface area contributed by atoms with Crippen molar-refractivity contribution in [3.8, 4) is 10.4 Å². The average Bonchev–Trinajstić information content (AvgIpc) is 2.95. The van der Waals surface area contributed by atoms with Crippen molar-refractivity contribution in [2.75, 3.05) is 6.61 Å². The molecule has 0 bridgehead atoms. The first-order valence-corrected chi connectivity index (χ1v) is 8.60. The molecule has 0 saturated carbocycles. The molecule has 1 aromatic carbocycles. The van der Waals surface area contributed by atoms with Gasteiger partial charge in [0.1, 0.15) is 4.70 Å². The summed E-state index contributed by atoms with van der Waals surface area (Å²) in [6, 6.07) is 9.52. The third-order valence-electron chi connectivity index (χ3n) is 3.42. The molecular weight excluding hydrogens is 332 g/mol. The van der Waals surface area contributed by atoms with Crippen LogP contribution in [0.1, 0.15) is 13.8 Å². The van der Waals surface area contributed by atoms with Gasteiger partial charge in [-0.2, -0.15) is 0 Å². The predicted molar refractivity (Wildman–Crippen MR) is 95.4 cm³/mol. The summed E-state index contributed by atoms with van der Waals surface area (Å²) in [5.74, 6) is 0. The lowest BCUT2D eigenvalue weighted by Gasteiger charge is -2.08. The number of benzene rings is 1. The number of nitrogens with zero attached hydrogens (tertiary/aromatic N) is 2. The molecule has 0 N–H and O–H groups in total. The van der Waals surface area contributed by atoms with E-state index in [9.17, 15) is 4.79 Å². The fraction of sp³-hybridized carbons (Fsp3) is 0.294. The van der Waals surface area contributed by atoms with E-state index in [0.29, 0.717) is 22.9 Å². The second kappa shape index (κ2) is 6.83. The van der Waals surface area contributed by atoms with Crippen LogP contribution in [0.3, 0.4) is 0 Å². The van der Waals surface area contributed by atoms with Gasteiger partial charge in [-0.25, -0.2) is 4.98 Å². The molecule has 0 atom stereocenters. The highest BCUT2D eigenvalue weighted by Gasteiger charge is 2.10. The molecule has 23 heavy (non-hydrogen) atoms. The minimum absolute atomic E-state index is 0.0208. The van der Waals surface area contributed by atoms with Crippen LogP contribution >= 0.6 is 22.9 Å². The van der Waals surface area contributed by atoms with Crippen LogP contribution in [0.5, 0.6) is 0 Å². The molecule has 120 valence electrons. The predicted octanol–water partition coefficient (Wildman–Crippen LogP) is 4.20. The minimum atomic E-state index is -0.0208. The van der Waals surface area contributed by atoms with Gasteiger partial charge in [0.15, 0.2) is 0 Å². The van der Waals surface area contributed by atoms with Crippen LogP contribution in [0.2, 0.25) is 5.02 Å². The summed E-state index contributed by atoms with van der Waals surface area (Å²) in [5.41, 5.74) is 1.74. The smallest absolute Gasteiger partial charge is 0.271 e. The molecule has 3 rings (SSSR count). The molecule has 6 heteroatoms. The Morgan fingerprint density at radius 3 is 2.74 bits per heavy atom. The van der Waals surface area contributed by atoms with Crippen molar-refractivity contribution < 1.29 is 4.74 Å². The van der Waals surface area contributed by atoms with Gasteiger partial charge in [0, 0.05) is 9.90 Å². The van der Waals surface area contributed by atoms with Crippen LogP contribution in [-0.4, -0.2) is 22.3 Å². The third-order valence-corrected chi connectivity index (χ3v) is 4.83.